The molecule has 0 fully saturated rings. The van der Waals surface area contributed by atoms with Crippen molar-refractivity contribution in [3.8, 4) is 0 Å². The molecule has 1 rings (SSSR count). The third-order valence-corrected chi connectivity index (χ3v) is 1.99. The lowest BCUT2D eigenvalue weighted by Gasteiger charge is -2.10. The van der Waals surface area contributed by atoms with Crippen LogP contribution in [0.2, 0.25) is 0 Å². The first kappa shape index (κ1) is 12.9. The molecule has 0 aliphatic rings. The van der Waals surface area contributed by atoms with E-state index in [1.54, 1.807) is 12.4 Å². The number of ether oxygens (including phenoxy) is 1. The van der Waals surface area contributed by atoms with Crippen LogP contribution in [-0.4, -0.2) is 55.3 Å². The molecule has 0 saturated carbocycles. The second-order valence-corrected chi connectivity index (χ2v) is 3.93. The summed E-state index contributed by atoms with van der Waals surface area (Å²) in [5, 5.41) is 3.10. The molecule has 0 amide bonds. The van der Waals surface area contributed by atoms with Gasteiger partial charge in [-0.1, -0.05) is 0 Å². The van der Waals surface area contributed by atoms with Crippen LogP contribution in [0.5, 0.6) is 0 Å². The average molecular weight is 224 g/mol. The maximum Gasteiger partial charge on any atom is 0.222 e. The Morgan fingerprint density at radius 2 is 1.94 bits per heavy atom. The summed E-state index contributed by atoms with van der Waals surface area (Å²) in [6, 6.07) is 0. The molecule has 0 aliphatic heterocycles. The standard InChI is InChI=1S/C11H20N4O/c1-10-8-13-11(14-9-10)12-4-6-16-7-5-15(2)3/h8-9H,4-7H2,1-3H3,(H,12,13,14). The van der Waals surface area contributed by atoms with Crippen LogP contribution < -0.4 is 5.32 Å². The topological polar surface area (TPSA) is 50.3 Å². The fourth-order valence-electron chi connectivity index (χ4n) is 1.07. The Hall–Kier alpha value is -1.20. The Morgan fingerprint density at radius 1 is 1.25 bits per heavy atom. The lowest BCUT2D eigenvalue weighted by Crippen LogP contribution is -2.20. The largest absolute Gasteiger partial charge is 0.378 e. The Labute approximate surface area is 96.8 Å². The third kappa shape index (κ3) is 5.63. The fraction of sp³-hybridized carbons (Fsp3) is 0.636. The zero-order valence-corrected chi connectivity index (χ0v) is 10.2. The minimum absolute atomic E-state index is 0.654. The van der Waals surface area contributed by atoms with E-state index in [0.717, 1.165) is 25.3 Å². The molecule has 1 aromatic rings. The lowest BCUT2D eigenvalue weighted by atomic mass is 10.4. The zero-order valence-electron chi connectivity index (χ0n) is 10.2. The van der Waals surface area contributed by atoms with E-state index < -0.39 is 0 Å². The van der Waals surface area contributed by atoms with E-state index in [1.807, 2.05) is 21.0 Å². The van der Waals surface area contributed by atoms with E-state index in [0.29, 0.717) is 12.6 Å². The minimum Gasteiger partial charge on any atom is -0.378 e. The van der Waals surface area contributed by atoms with E-state index >= 15 is 0 Å². The van der Waals surface area contributed by atoms with Gasteiger partial charge in [-0.25, -0.2) is 9.97 Å². The number of nitrogens with one attached hydrogen (secondary N) is 1. The van der Waals surface area contributed by atoms with Gasteiger partial charge in [0.15, 0.2) is 0 Å². The smallest absolute Gasteiger partial charge is 0.222 e. The van der Waals surface area contributed by atoms with Crippen molar-refractivity contribution >= 4 is 5.95 Å². The summed E-state index contributed by atoms with van der Waals surface area (Å²) in [7, 11) is 4.06. The summed E-state index contributed by atoms with van der Waals surface area (Å²) >= 11 is 0. The van der Waals surface area contributed by atoms with Gasteiger partial charge in [-0.2, -0.15) is 0 Å². The summed E-state index contributed by atoms with van der Waals surface area (Å²) in [6.45, 7) is 5.07. The molecule has 90 valence electrons. The number of hydrogen-bond donors (Lipinski definition) is 1. The Bertz CT molecular complexity index is 287. The molecule has 1 aromatic heterocycles. The van der Waals surface area contributed by atoms with Gasteiger partial charge in [0, 0.05) is 25.5 Å². The van der Waals surface area contributed by atoms with Gasteiger partial charge in [0.2, 0.25) is 5.95 Å². The molecule has 0 aromatic carbocycles. The van der Waals surface area contributed by atoms with Gasteiger partial charge in [-0.3, -0.25) is 0 Å². The van der Waals surface area contributed by atoms with E-state index in [4.69, 9.17) is 4.74 Å². The maximum absolute atomic E-state index is 5.43. The van der Waals surface area contributed by atoms with E-state index in [1.165, 1.54) is 0 Å². The molecule has 0 unspecified atom stereocenters. The van der Waals surface area contributed by atoms with Crippen molar-refractivity contribution in [1.29, 1.82) is 0 Å². The predicted molar refractivity (Wildman–Crippen MR) is 64.6 cm³/mol. The molecular formula is C11H20N4O. The van der Waals surface area contributed by atoms with Gasteiger partial charge in [0.05, 0.1) is 13.2 Å². The normalized spacial score (nSPS) is 10.8. The van der Waals surface area contributed by atoms with Crippen LogP contribution in [0.4, 0.5) is 5.95 Å². The van der Waals surface area contributed by atoms with E-state index in [-0.39, 0.29) is 0 Å². The monoisotopic (exact) mass is 224 g/mol. The predicted octanol–water partition coefficient (Wildman–Crippen LogP) is 0.775. The van der Waals surface area contributed by atoms with Gasteiger partial charge in [-0.05, 0) is 26.6 Å². The van der Waals surface area contributed by atoms with Crippen molar-refractivity contribution in [3.05, 3.63) is 18.0 Å². The van der Waals surface area contributed by atoms with Crippen molar-refractivity contribution in [2.45, 2.75) is 6.92 Å². The minimum atomic E-state index is 0.654. The number of rotatable bonds is 7. The van der Waals surface area contributed by atoms with Gasteiger partial charge >= 0.3 is 0 Å². The molecule has 0 saturated heterocycles. The molecule has 0 aliphatic carbocycles. The van der Waals surface area contributed by atoms with Gasteiger partial charge < -0.3 is 15.0 Å². The van der Waals surface area contributed by atoms with Crippen molar-refractivity contribution in [2.24, 2.45) is 0 Å². The number of aryl methyl sites for hydroxylation is 1. The SMILES string of the molecule is Cc1cnc(NCCOCCN(C)C)nc1. The van der Waals surface area contributed by atoms with Gasteiger partial charge in [0.25, 0.3) is 0 Å². The van der Waals surface area contributed by atoms with Crippen LogP contribution in [0, 0.1) is 6.92 Å². The van der Waals surface area contributed by atoms with Crippen molar-refractivity contribution in [1.82, 2.24) is 14.9 Å². The highest BCUT2D eigenvalue weighted by Gasteiger charge is 1.94. The van der Waals surface area contributed by atoms with E-state index in [9.17, 15) is 0 Å². The van der Waals surface area contributed by atoms with Crippen LogP contribution in [0.15, 0.2) is 12.4 Å². The Morgan fingerprint density at radius 3 is 2.56 bits per heavy atom. The summed E-state index contributed by atoms with van der Waals surface area (Å²) < 4.78 is 5.43. The van der Waals surface area contributed by atoms with Crippen molar-refractivity contribution < 1.29 is 4.74 Å². The number of hydrogen-bond acceptors (Lipinski definition) is 5. The molecule has 5 heteroatoms. The van der Waals surface area contributed by atoms with Crippen molar-refractivity contribution in [3.63, 3.8) is 0 Å². The Balaban J connectivity index is 2.05. The first-order chi connectivity index (χ1) is 7.68. The van der Waals surface area contributed by atoms with Crippen LogP contribution >= 0.6 is 0 Å². The number of likely N-dealkylation sites (N-methyl/N-ethyl adjacent to an activating group) is 1. The molecule has 16 heavy (non-hydrogen) atoms. The van der Waals surface area contributed by atoms with E-state index in [2.05, 4.69) is 20.2 Å². The lowest BCUT2D eigenvalue weighted by molar-refractivity contribution is 0.126. The molecular weight excluding hydrogens is 204 g/mol. The molecule has 0 atom stereocenters. The van der Waals surface area contributed by atoms with Gasteiger partial charge in [0.1, 0.15) is 0 Å². The third-order valence-electron chi connectivity index (χ3n) is 1.99. The molecule has 0 radical (unpaired) electrons. The highest BCUT2D eigenvalue weighted by molar-refractivity contribution is 5.23. The first-order valence-electron chi connectivity index (χ1n) is 5.43. The second-order valence-electron chi connectivity index (χ2n) is 3.93. The number of anilines is 1. The van der Waals surface area contributed by atoms with Crippen LogP contribution in [0.1, 0.15) is 5.56 Å². The number of aromatic nitrogens is 2. The second kappa shape index (κ2) is 7.14. The van der Waals surface area contributed by atoms with Crippen LogP contribution in [0.25, 0.3) is 0 Å². The van der Waals surface area contributed by atoms with Crippen LogP contribution in [-0.2, 0) is 4.74 Å². The summed E-state index contributed by atoms with van der Waals surface area (Å²) in [6.07, 6.45) is 3.59. The fourth-order valence-corrected chi connectivity index (χ4v) is 1.07. The Kier molecular flexibility index (Phi) is 5.74. The van der Waals surface area contributed by atoms with Crippen LogP contribution in [0.3, 0.4) is 0 Å². The highest BCUT2D eigenvalue weighted by Crippen LogP contribution is 1.97. The molecule has 5 nitrogen and oxygen atoms in total. The summed E-state index contributed by atoms with van der Waals surface area (Å²) in [4.78, 5) is 10.4. The number of nitrogens with zero attached hydrogens (tertiary/aromatic N) is 3. The molecule has 1 N–H and O–H groups in total. The highest BCUT2D eigenvalue weighted by atomic mass is 16.5. The molecule has 1 heterocycles. The average Bonchev–Trinajstić information content (AvgIpc) is 2.25. The molecule has 0 spiro atoms. The summed E-state index contributed by atoms with van der Waals surface area (Å²) in [5.41, 5.74) is 1.06. The summed E-state index contributed by atoms with van der Waals surface area (Å²) in [5.74, 6) is 0.654. The first-order valence-corrected chi connectivity index (χ1v) is 5.43. The van der Waals surface area contributed by atoms with Crippen molar-refractivity contribution in [2.75, 3.05) is 45.7 Å². The quantitative estimate of drug-likeness (QED) is 0.693. The van der Waals surface area contributed by atoms with Gasteiger partial charge in [-0.15, -0.1) is 0 Å². The maximum atomic E-state index is 5.43. The zero-order chi connectivity index (χ0) is 11.8. The molecule has 0 bridgehead atoms.